The van der Waals surface area contributed by atoms with Crippen LogP contribution in [0.1, 0.15) is 19.4 Å². The van der Waals surface area contributed by atoms with E-state index in [0.717, 1.165) is 35.9 Å². The van der Waals surface area contributed by atoms with Crippen LogP contribution in [0.2, 0.25) is 0 Å². The highest BCUT2D eigenvalue weighted by molar-refractivity contribution is 5.35. The van der Waals surface area contributed by atoms with Crippen LogP contribution in [0.15, 0.2) is 42.7 Å². The van der Waals surface area contributed by atoms with Gasteiger partial charge in [-0.2, -0.15) is 0 Å². The Bertz CT molecular complexity index is 526. The van der Waals surface area contributed by atoms with E-state index in [1.807, 2.05) is 43.5 Å². The van der Waals surface area contributed by atoms with Gasteiger partial charge in [0.25, 0.3) is 0 Å². The molecule has 0 unspecified atom stereocenters. The molecule has 1 aromatic carbocycles. The van der Waals surface area contributed by atoms with Crippen molar-refractivity contribution in [1.82, 2.24) is 10.3 Å². The maximum absolute atomic E-state index is 5.79. The van der Waals surface area contributed by atoms with Crippen LogP contribution in [0.5, 0.6) is 17.2 Å². The van der Waals surface area contributed by atoms with Gasteiger partial charge in [0.05, 0.1) is 12.8 Å². The van der Waals surface area contributed by atoms with Gasteiger partial charge in [-0.25, -0.2) is 0 Å². The molecule has 0 saturated heterocycles. The molecular weight excluding hydrogens is 252 g/mol. The fourth-order valence-corrected chi connectivity index (χ4v) is 1.79. The highest BCUT2D eigenvalue weighted by atomic mass is 16.5. The van der Waals surface area contributed by atoms with E-state index in [-0.39, 0.29) is 0 Å². The number of ether oxygens (including phenoxy) is 2. The molecule has 0 fully saturated rings. The standard InChI is InChI=1S/C16H20N2O2/c1-3-17-10-13-9-16(12-18-11-13)20-15-7-5-14(6-8-15)19-4-2/h5-9,11-12,17H,3-4,10H2,1-2H3. The Labute approximate surface area is 119 Å². The summed E-state index contributed by atoms with van der Waals surface area (Å²) >= 11 is 0. The van der Waals surface area contributed by atoms with Gasteiger partial charge in [0.2, 0.25) is 0 Å². The quantitative estimate of drug-likeness (QED) is 0.839. The molecule has 0 radical (unpaired) electrons. The lowest BCUT2D eigenvalue weighted by Gasteiger charge is -2.08. The van der Waals surface area contributed by atoms with Crippen molar-refractivity contribution in [3.63, 3.8) is 0 Å². The zero-order valence-electron chi connectivity index (χ0n) is 11.9. The number of aromatic nitrogens is 1. The number of hydrogen-bond acceptors (Lipinski definition) is 4. The maximum Gasteiger partial charge on any atom is 0.146 e. The van der Waals surface area contributed by atoms with Crippen LogP contribution in [0.25, 0.3) is 0 Å². The van der Waals surface area contributed by atoms with Crippen molar-refractivity contribution in [2.24, 2.45) is 0 Å². The molecule has 106 valence electrons. The molecule has 0 bridgehead atoms. The fraction of sp³-hybridized carbons (Fsp3) is 0.312. The smallest absolute Gasteiger partial charge is 0.146 e. The molecule has 2 rings (SSSR count). The van der Waals surface area contributed by atoms with Gasteiger partial charge in [-0.05, 0) is 49.4 Å². The van der Waals surface area contributed by atoms with Gasteiger partial charge in [-0.15, -0.1) is 0 Å². The SMILES string of the molecule is CCNCc1cncc(Oc2ccc(OCC)cc2)c1. The van der Waals surface area contributed by atoms with E-state index in [0.29, 0.717) is 6.61 Å². The molecule has 4 heteroatoms. The summed E-state index contributed by atoms with van der Waals surface area (Å²) in [7, 11) is 0. The predicted octanol–water partition coefficient (Wildman–Crippen LogP) is 3.38. The molecule has 0 spiro atoms. The van der Waals surface area contributed by atoms with Gasteiger partial charge in [-0.3, -0.25) is 4.98 Å². The average molecular weight is 272 g/mol. The second-order valence-electron chi connectivity index (χ2n) is 4.32. The van der Waals surface area contributed by atoms with Crippen molar-refractivity contribution < 1.29 is 9.47 Å². The van der Waals surface area contributed by atoms with Gasteiger partial charge in [0, 0.05) is 12.7 Å². The largest absolute Gasteiger partial charge is 0.494 e. The van der Waals surface area contributed by atoms with Crippen molar-refractivity contribution in [2.75, 3.05) is 13.2 Å². The molecule has 0 aliphatic rings. The van der Waals surface area contributed by atoms with E-state index >= 15 is 0 Å². The number of hydrogen-bond donors (Lipinski definition) is 1. The molecular formula is C16H20N2O2. The van der Waals surface area contributed by atoms with Crippen molar-refractivity contribution >= 4 is 0 Å². The van der Waals surface area contributed by atoms with Gasteiger partial charge >= 0.3 is 0 Å². The topological polar surface area (TPSA) is 43.4 Å². The maximum atomic E-state index is 5.79. The Morgan fingerprint density at radius 2 is 1.75 bits per heavy atom. The van der Waals surface area contributed by atoms with E-state index in [4.69, 9.17) is 9.47 Å². The first-order valence-electron chi connectivity index (χ1n) is 6.87. The van der Waals surface area contributed by atoms with Crippen LogP contribution in [-0.4, -0.2) is 18.1 Å². The molecule has 0 aliphatic heterocycles. The molecule has 0 amide bonds. The van der Waals surface area contributed by atoms with Crippen molar-refractivity contribution in [3.8, 4) is 17.2 Å². The Morgan fingerprint density at radius 3 is 2.45 bits per heavy atom. The molecule has 1 heterocycles. The lowest BCUT2D eigenvalue weighted by molar-refractivity contribution is 0.339. The summed E-state index contributed by atoms with van der Waals surface area (Å²) < 4.78 is 11.2. The highest BCUT2D eigenvalue weighted by Crippen LogP contribution is 2.23. The molecule has 4 nitrogen and oxygen atoms in total. The van der Waals surface area contributed by atoms with Crippen LogP contribution in [0, 0.1) is 0 Å². The van der Waals surface area contributed by atoms with Crippen LogP contribution < -0.4 is 14.8 Å². The number of nitrogens with one attached hydrogen (secondary N) is 1. The van der Waals surface area contributed by atoms with E-state index in [1.54, 1.807) is 6.20 Å². The summed E-state index contributed by atoms with van der Waals surface area (Å²) in [5.74, 6) is 2.36. The minimum Gasteiger partial charge on any atom is -0.494 e. The first kappa shape index (κ1) is 14.3. The van der Waals surface area contributed by atoms with Gasteiger partial charge in [-0.1, -0.05) is 6.92 Å². The van der Waals surface area contributed by atoms with Crippen LogP contribution in [0.4, 0.5) is 0 Å². The summed E-state index contributed by atoms with van der Waals surface area (Å²) in [4.78, 5) is 4.19. The molecule has 0 saturated carbocycles. The van der Waals surface area contributed by atoms with Gasteiger partial charge < -0.3 is 14.8 Å². The summed E-state index contributed by atoms with van der Waals surface area (Å²) in [6.45, 7) is 6.43. The zero-order chi connectivity index (χ0) is 14.2. The molecule has 1 N–H and O–H groups in total. The number of nitrogens with zero attached hydrogens (tertiary/aromatic N) is 1. The van der Waals surface area contributed by atoms with Gasteiger partial charge in [0.15, 0.2) is 0 Å². The fourth-order valence-electron chi connectivity index (χ4n) is 1.79. The number of rotatable bonds is 7. The van der Waals surface area contributed by atoms with Crippen LogP contribution >= 0.6 is 0 Å². The molecule has 20 heavy (non-hydrogen) atoms. The third kappa shape index (κ3) is 4.24. The Kier molecular flexibility index (Phi) is 5.38. The number of benzene rings is 1. The highest BCUT2D eigenvalue weighted by Gasteiger charge is 2.01. The van der Waals surface area contributed by atoms with E-state index in [1.165, 1.54) is 0 Å². The second-order valence-corrected chi connectivity index (χ2v) is 4.32. The first-order valence-corrected chi connectivity index (χ1v) is 6.87. The van der Waals surface area contributed by atoms with E-state index < -0.39 is 0 Å². The Balaban J connectivity index is 2.01. The molecule has 0 atom stereocenters. The number of pyridine rings is 1. The van der Waals surface area contributed by atoms with Crippen molar-refractivity contribution in [3.05, 3.63) is 48.3 Å². The second kappa shape index (κ2) is 7.50. The molecule has 2 aromatic rings. The first-order chi connectivity index (χ1) is 9.81. The summed E-state index contributed by atoms with van der Waals surface area (Å²) in [5, 5.41) is 3.27. The minimum absolute atomic E-state index is 0.663. The van der Waals surface area contributed by atoms with E-state index in [9.17, 15) is 0 Å². The Morgan fingerprint density at radius 1 is 1.00 bits per heavy atom. The predicted molar refractivity (Wildman–Crippen MR) is 79.3 cm³/mol. The lowest BCUT2D eigenvalue weighted by Crippen LogP contribution is -2.11. The third-order valence-corrected chi connectivity index (χ3v) is 2.72. The minimum atomic E-state index is 0.663. The Hall–Kier alpha value is -2.07. The van der Waals surface area contributed by atoms with Crippen molar-refractivity contribution in [2.45, 2.75) is 20.4 Å². The summed E-state index contributed by atoms with van der Waals surface area (Å²) in [6.07, 6.45) is 3.56. The average Bonchev–Trinajstić information content (AvgIpc) is 2.48. The summed E-state index contributed by atoms with van der Waals surface area (Å²) in [6, 6.07) is 9.57. The van der Waals surface area contributed by atoms with Crippen LogP contribution in [-0.2, 0) is 6.54 Å². The van der Waals surface area contributed by atoms with Gasteiger partial charge in [0.1, 0.15) is 17.2 Å². The molecule has 0 aliphatic carbocycles. The lowest BCUT2D eigenvalue weighted by atomic mass is 10.2. The summed E-state index contributed by atoms with van der Waals surface area (Å²) in [5.41, 5.74) is 1.11. The zero-order valence-corrected chi connectivity index (χ0v) is 11.9. The van der Waals surface area contributed by atoms with E-state index in [2.05, 4.69) is 17.2 Å². The third-order valence-electron chi connectivity index (χ3n) is 2.72. The molecule has 1 aromatic heterocycles. The monoisotopic (exact) mass is 272 g/mol. The normalized spacial score (nSPS) is 10.3. The van der Waals surface area contributed by atoms with Crippen LogP contribution in [0.3, 0.4) is 0 Å². The van der Waals surface area contributed by atoms with Crippen molar-refractivity contribution in [1.29, 1.82) is 0 Å².